The van der Waals surface area contributed by atoms with E-state index >= 15 is 0 Å². The van der Waals surface area contributed by atoms with Crippen LogP contribution in [0.4, 0.5) is 0 Å². The Kier molecular flexibility index (Phi) is 13.7. The average Bonchev–Trinajstić information content (AvgIpc) is 3.81. The summed E-state index contributed by atoms with van der Waals surface area (Å²) in [6, 6.07) is 0. The second kappa shape index (κ2) is 16.9. The molecular formula is C34H54O14. The lowest BCUT2D eigenvalue weighted by Crippen LogP contribution is -2.59. The van der Waals surface area contributed by atoms with Gasteiger partial charge in [-0.3, -0.25) is 4.79 Å². The highest BCUT2D eigenvalue weighted by Gasteiger charge is 2.49. The summed E-state index contributed by atoms with van der Waals surface area (Å²) >= 11 is 0. The third-order valence-corrected chi connectivity index (χ3v) is 9.85. The van der Waals surface area contributed by atoms with E-state index in [1.165, 1.54) is 40.4 Å². The third-order valence-electron chi connectivity index (χ3n) is 9.85. The number of carbonyl (C=O) groups excluding carboxylic acids is 2. The van der Waals surface area contributed by atoms with E-state index in [1.807, 2.05) is 13.8 Å². The van der Waals surface area contributed by atoms with Gasteiger partial charge in [-0.25, -0.2) is 4.79 Å². The first-order chi connectivity index (χ1) is 22.7. The lowest BCUT2D eigenvalue weighted by atomic mass is 9.89. The summed E-state index contributed by atoms with van der Waals surface area (Å²) in [5.74, 6) is -2.00. The Morgan fingerprint density at radius 3 is 2.23 bits per heavy atom. The van der Waals surface area contributed by atoms with Crippen LogP contribution in [0.1, 0.15) is 53.9 Å². The van der Waals surface area contributed by atoms with Crippen LogP contribution < -0.4 is 0 Å². The highest BCUT2D eigenvalue weighted by Crippen LogP contribution is 2.36. The summed E-state index contributed by atoms with van der Waals surface area (Å²) < 4.78 is 52.3. The van der Waals surface area contributed by atoms with Gasteiger partial charge < -0.3 is 58.0 Å². The van der Waals surface area contributed by atoms with E-state index in [9.17, 15) is 24.9 Å². The molecule has 4 aliphatic rings. The number of aliphatic hydroxyl groups excluding tert-OH is 2. The molecule has 3 fully saturated rings. The Morgan fingerprint density at radius 1 is 0.854 bits per heavy atom. The van der Waals surface area contributed by atoms with Crippen LogP contribution in [-0.2, 0) is 52.2 Å². The molecule has 3 saturated heterocycles. The maximum absolute atomic E-state index is 13.2. The van der Waals surface area contributed by atoms with Crippen LogP contribution in [0.5, 0.6) is 0 Å². The molecule has 0 aromatic heterocycles. The monoisotopic (exact) mass is 686 g/mol. The second-order valence-electron chi connectivity index (χ2n) is 13.5. The van der Waals surface area contributed by atoms with Crippen molar-refractivity contribution in [2.75, 3.05) is 27.9 Å². The van der Waals surface area contributed by atoms with Crippen molar-refractivity contribution in [3.63, 3.8) is 0 Å². The molecule has 0 amide bonds. The van der Waals surface area contributed by atoms with Crippen LogP contribution in [0.15, 0.2) is 24.3 Å². The van der Waals surface area contributed by atoms with Crippen LogP contribution in [0.3, 0.4) is 0 Å². The predicted molar refractivity (Wildman–Crippen MR) is 169 cm³/mol. The van der Waals surface area contributed by atoms with Crippen molar-refractivity contribution in [1.29, 1.82) is 0 Å². The van der Waals surface area contributed by atoms with Crippen molar-refractivity contribution in [1.82, 2.24) is 0 Å². The number of cyclic esters (lactones) is 1. The van der Waals surface area contributed by atoms with Gasteiger partial charge in [-0.1, -0.05) is 13.0 Å². The van der Waals surface area contributed by atoms with E-state index < -0.39 is 103 Å². The molecule has 0 aromatic carbocycles. The van der Waals surface area contributed by atoms with Gasteiger partial charge in [-0.05, 0) is 52.7 Å². The summed E-state index contributed by atoms with van der Waals surface area (Å²) in [5.41, 5.74) is -1.72. The molecule has 4 heterocycles. The molecule has 0 spiro atoms. The van der Waals surface area contributed by atoms with Crippen LogP contribution >= 0.6 is 0 Å². The molecule has 0 saturated carbocycles. The van der Waals surface area contributed by atoms with Gasteiger partial charge in [0.1, 0.15) is 42.2 Å². The van der Waals surface area contributed by atoms with Crippen LogP contribution in [-0.4, -0.2) is 140 Å². The van der Waals surface area contributed by atoms with E-state index in [4.69, 9.17) is 42.6 Å². The molecule has 48 heavy (non-hydrogen) atoms. The zero-order chi connectivity index (χ0) is 35.3. The van der Waals surface area contributed by atoms with E-state index in [0.29, 0.717) is 6.42 Å². The molecule has 0 bridgehead atoms. The summed E-state index contributed by atoms with van der Waals surface area (Å²) in [6.45, 7) is 8.58. The lowest BCUT2D eigenvalue weighted by molar-refractivity contribution is -0.305. The summed E-state index contributed by atoms with van der Waals surface area (Å²) in [7, 11) is 4.45. The maximum Gasteiger partial charge on any atom is 0.330 e. The molecule has 14 heteroatoms. The van der Waals surface area contributed by atoms with Crippen molar-refractivity contribution in [2.24, 2.45) is 11.8 Å². The van der Waals surface area contributed by atoms with Gasteiger partial charge in [0.05, 0.1) is 37.1 Å². The fourth-order valence-electron chi connectivity index (χ4n) is 6.53. The van der Waals surface area contributed by atoms with Crippen LogP contribution in [0.25, 0.3) is 0 Å². The smallest absolute Gasteiger partial charge is 0.330 e. The largest absolute Gasteiger partial charge is 0.459 e. The Hall–Kier alpha value is -1.82. The normalized spacial score (nSPS) is 47.5. The fraction of sp³-hybridized carbons (Fsp3) is 0.824. The SMILES string of the molecule is CO[C@@H]1[C@H](O)[C@@H](C)O[C@@H](OC[C@H]2[C@H]3O[C@H]3/C=C/C(=O)[C@@](C)(O)CC[C@@H](O[C@H]3O[C@H](C)C[C@@H](OC)[C@@H]3O)[C@H](C)/C=C/C(=O)O[C@H]2C)[C@@H]1OC. The van der Waals surface area contributed by atoms with Gasteiger partial charge >= 0.3 is 5.97 Å². The topological polar surface area (TPSA) is 181 Å². The highest BCUT2D eigenvalue weighted by atomic mass is 16.7. The van der Waals surface area contributed by atoms with Gasteiger partial charge in [0.15, 0.2) is 18.4 Å². The van der Waals surface area contributed by atoms with E-state index in [0.717, 1.165) is 0 Å². The number of carbonyl (C=O) groups is 2. The number of hydrogen-bond acceptors (Lipinski definition) is 14. The van der Waals surface area contributed by atoms with Gasteiger partial charge in [-0.2, -0.15) is 0 Å². The minimum absolute atomic E-state index is 0.0273. The Morgan fingerprint density at radius 2 is 1.56 bits per heavy atom. The molecule has 14 nitrogen and oxygen atoms in total. The van der Waals surface area contributed by atoms with E-state index in [1.54, 1.807) is 26.0 Å². The number of fused-ring (bicyclic) bond motifs is 1. The molecule has 274 valence electrons. The number of methoxy groups -OCH3 is 3. The predicted octanol–water partition coefficient (Wildman–Crippen LogP) is 1.21. The molecule has 3 N–H and O–H groups in total. The first-order valence-corrected chi connectivity index (χ1v) is 16.7. The number of ether oxygens (including phenoxy) is 9. The molecule has 0 aromatic rings. The molecular weight excluding hydrogens is 632 g/mol. The Bertz CT molecular complexity index is 1130. The maximum atomic E-state index is 13.2. The molecule has 4 aliphatic heterocycles. The van der Waals surface area contributed by atoms with Crippen molar-refractivity contribution < 1.29 is 67.5 Å². The van der Waals surface area contributed by atoms with Gasteiger partial charge in [0.2, 0.25) is 0 Å². The van der Waals surface area contributed by atoms with Crippen molar-refractivity contribution in [3.05, 3.63) is 24.3 Å². The van der Waals surface area contributed by atoms with Crippen LogP contribution in [0, 0.1) is 11.8 Å². The van der Waals surface area contributed by atoms with Gasteiger partial charge in [0, 0.05) is 45.7 Å². The highest BCUT2D eigenvalue weighted by molar-refractivity contribution is 5.96. The van der Waals surface area contributed by atoms with Crippen molar-refractivity contribution in [2.45, 2.75) is 139 Å². The minimum atomic E-state index is -1.72. The summed E-state index contributed by atoms with van der Waals surface area (Å²) in [4.78, 5) is 26.3. The summed E-state index contributed by atoms with van der Waals surface area (Å²) in [5, 5.41) is 32.5. The number of ketones is 1. The lowest BCUT2D eigenvalue weighted by Gasteiger charge is -2.42. The quantitative estimate of drug-likeness (QED) is 0.245. The first kappa shape index (κ1) is 39.0. The summed E-state index contributed by atoms with van der Waals surface area (Å²) in [6.07, 6.45) is -2.35. The number of rotatable bonds is 8. The second-order valence-corrected chi connectivity index (χ2v) is 13.5. The van der Waals surface area contributed by atoms with Crippen molar-refractivity contribution in [3.8, 4) is 0 Å². The number of aliphatic hydroxyl groups is 3. The fourth-order valence-corrected chi connectivity index (χ4v) is 6.53. The molecule has 0 aliphatic carbocycles. The third kappa shape index (κ3) is 9.49. The molecule has 4 rings (SSSR count). The molecule has 16 atom stereocenters. The van der Waals surface area contributed by atoms with Crippen molar-refractivity contribution >= 4 is 11.8 Å². The number of epoxide rings is 1. The number of hydrogen-bond donors (Lipinski definition) is 3. The number of esters is 1. The standard InChI is InChI=1S/C34H54O14/c1-17-9-12-26(36)45-19(3)21(16-43-33-31(42-8)30(41-7)27(37)20(4)46-33)29-23(47-29)10-11-25(35)34(5,39)14-13-22(17)48-32-28(38)24(40-6)15-18(2)44-32/h9-12,17-24,27-33,37-39H,13-16H2,1-8H3/b11-10+,12-9+/t17-,18-,19+,20-,21-,22-,23+,24-,27-,28+,29-,30-,31-,32-,33-,34+/m1/s1. The average molecular weight is 687 g/mol. The van der Waals surface area contributed by atoms with Gasteiger partial charge in [-0.15, -0.1) is 0 Å². The van der Waals surface area contributed by atoms with Gasteiger partial charge in [0.25, 0.3) is 0 Å². The molecule has 0 radical (unpaired) electrons. The zero-order valence-corrected chi connectivity index (χ0v) is 29.1. The minimum Gasteiger partial charge on any atom is -0.459 e. The first-order valence-electron chi connectivity index (χ1n) is 16.7. The molecule has 0 unspecified atom stereocenters. The Labute approximate surface area is 282 Å². The van der Waals surface area contributed by atoms with E-state index in [2.05, 4.69) is 0 Å². The Balaban J connectivity index is 1.53. The van der Waals surface area contributed by atoms with Crippen LogP contribution in [0.2, 0.25) is 0 Å². The van der Waals surface area contributed by atoms with E-state index in [-0.39, 0.29) is 25.6 Å². The zero-order valence-electron chi connectivity index (χ0n) is 29.1.